The number of hydrogen-bond acceptors (Lipinski definition) is 3. The van der Waals surface area contributed by atoms with Crippen molar-refractivity contribution in [2.75, 3.05) is 19.7 Å². The lowest BCUT2D eigenvalue weighted by molar-refractivity contribution is -0.144. The molecule has 0 spiro atoms. The Bertz CT molecular complexity index is 297. The first-order chi connectivity index (χ1) is 8.63. The number of amides is 1. The summed E-state index contributed by atoms with van der Waals surface area (Å²) in [5, 5.41) is 8.72. The second kappa shape index (κ2) is 7.87. The van der Waals surface area contributed by atoms with Gasteiger partial charge in [0.2, 0.25) is 5.91 Å². The number of carboxylic acid groups (broad SMARTS) is 1. The normalized spacial score (nSPS) is 19.2. The highest BCUT2D eigenvalue weighted by Gasteiger charge is 2.19. The molecule has 0 aliphatic carbocycles. The van der Waals surface area contributed by atoms with Gasteiger partial charge in [-0.3, -0.25) is 9.59 Å². The first kappa shape index (κ1) is 14.7. The van der Waals surface area contributed by atoms with Crippen LogP contribution in [0.1, 0.15) is 32.1 Å². The van der Waals surface area contributed by atoms with Gasteiger partial charge in [-0.1, -0.05) is 6.08 Å². The van der Waals surface area contributed by atoms with Crippen LogP contribution < -0.4 is 0 Å². The molecule has 0 aromatic heterocycles. The molecule has 0 aromatic rings. The van der Waals surface area contributed by atoms with E-state index in [1.165, 1.54) is 11.0 Å². The molecule has 0 saturated carbocycles. The Balaban J connectivity index is 2.35. The number of carbonyl (C=O) groups is 2. The van der Waals surface area contributed by atoms with Crippen molar-refractivity contribution in [3.8, 4) is 0 Å². The van der Waals surface area contributed by atoms with Crippen molar-refractivity contribution in [2.45, 2.75) is 38.2 Å². The van der Waals surface area contributed by atoms with E-state index in [-0.39, 0.29) is 25.1 Å². The number of hydrogen-bond donors (Lipinski definition) is 1. The van der Waals surface area contributed by atoms with E-state index in [2.05, 4.69) is 6.58 Å². The smallest absolute Gasteiger partial charge is 0.323 e. The SMILES string of the molecule is C=CCN(CC(=O)O)C(=O)CCC1CCCCO1. The first-order valence-electron chi connectivity index (χ1n) is 6.35. The summed E-state index contributed by atoms with van der Waals surface area (Å²) in [7, 11) is 0. The van der Waals surface area contributed by atoms with Gasteiger partial charge in [-0.15, -0.1) is 6.58 Å². The highest BCUT2D eigenvalue weighted by molar-refractivity contribution is 5.81. The summed E-state index contributed by atoms with van der Waals surface area (Å²) in [6.07, 6.45) is 5.93. The van der Waals surface area contributed by atoms with Crippen molar-refractivity contribution < 1.29 is 19.4 Å². The Labute approximate surface area is 107 Å². The maximum atomic E-state index is 11.9. The highest BCUT2D eigenvalue weighted by Crippen LogP contribution is 2.17. The molecule has 5 heteroatoms. The van der Waals surface area contributed by atoms with Gasteiger partial charge >= 0.3 is 5.97 Å². The molecule has 1 amide bonds. The molecule has 0 bridgehead atoms. The standard InChI is InChI=1S/C13H21NO4/c1-2-8-14(10-13(16)17)12(15)7-6-11-5-3-4-9-18-11/h2,11H,1,3-10H2,(H,16,17). The fraction of sp³-hybridized carbons (Fsp3) is 0.692. The summed E-state index contributed by atoms with van der Waals surface area (Å²) in [5.41, 5.74) is 0. The van der Waals surface area contributed by atoms with Crippen LogP contribution in [0.3, 0.4) is 0 Å². The fourth-order valence-electron chi connectivity index (χ4n) is 2.05. The van der Waals surface area contributed by atoms with E-state index in [1.807, 2.05) is 0 Å². The van der Waals surface area contributed by atoms with Crippen LogP contribution >= 0.6 is 0 Å². The van der Waals surface area contributed by atoms with Crippen molar-refractivity contribution in [1.82, 2.24) is 4.90 Å². The molecule has 1 aliphatic heterocycles. The Morgan fingerprint density at radius 3 is 2.78 bits per heavy atom. The zero-order valence-corrected chi connectivity index (χ0v) is 10.6. The Kier molecular flexibility index (Phi) is 6.43. The van der Waals surface area contributed by atoms with Gasteiger partial charge in [-0.25, -0.2) is 0 Å². The quantitative estimate of drug-likeness (QED) is 0.699. The topological polar surface area (TPSA) is 66.8 Å². The summed E-state index contributed by atoms with van der Waals surface area (Å²) >= 11 is 0. The molecular formula is C13H21NO4. The van der Waals surface area contributed by atoms with Crippen LogP contribution in [0.2, 0.25) is 0 Å². The minimum Gasteiger partial charge on any atom is -0.480 e. The molecular weight excluding hydrogens is 234 g/mol. The van der Waals surface area contributed by atoms with Crippen molar-refractivity contribution in [3.05, 3.63) is 12.7 Å². The summed E-state index contributed by atoms with van der Waals surface area (Å²) in [4.78, 5) is 23.8. The third-order valence-corrected chi connectivity index (χ3v) is 2.98. The third-order valence-electron chi connectivity index (χ3n) is 2.98. The van der Waals surface area contributed by atoms with E-state index in [0.29, 0.717) is 12.8 Å². The summed E-state index contributed by atoms with van der Waals surface area (Å²) < 4.78 is 5.54. The zero-order chi connectivity index (χ0) is 13.4. The maximum Gasteiger partial charge on any atom is 0.323 e. The van der Waals surface area contributed by atoms with E-state index in [1.54, 1.807) is 0 Å². The van der Waals surface area contributed by atoms with Crippen molar-refractivity contribution in [3.63, 3.8) is 0 Å². The molecule has 1 heterocycles. The van der Waals surface area contributed by atoms with Gasteiger partial charge in [-0.2, -0.15) is 0 Å². The summed E-state index contributed by atoms with van der Waals surface area (Å²) in [5.74, 6) is -1.15. The predicted molar refractivity (Wildman–Crippen MR) is 67.2 cm³/mol. The zero-order valence-electron chi connectivity index (χ0n) is 10.6. The molecule has 1 fully saturated rings. The molecule has 0 radical (unpaired) electrons. The lowest BCUT2D eigenvalue weighted by Gasteiger charge is -2.24. The van der Waals surface area contributed by atoms with Crippen LogP contribution in [-0.4, -0.2) is 47.7 Å². The summed E-state index contributed by atoms with van der Waals surface area (Å²) in [6.45, 7) is 4.30. The number of nitrogens with zero attached hydrogens (tertiary/aromatic N) is 1. The highest BCUT2D eigenvalue weighted by atomic mass is 16.5. The van der Waals surface area contributed by atoms with E-state index in [0.717, 1.165) is 25.9 Å². The minimum absolute atomic E-state index is 0.147. The largest absolute Gasteiger partial charge is 0.480 e. The number of rotatable bonds is 7. The van der Waals surface area contributed by atoms with Crippen molar-refractivity contribution >= 4 is 11.9 Å². The van der Waals surface area contributed by atoms with E-state index in [4.69, 9.17) is 9.84 Å². The summed E-state index contributed by atoms with van der Waals surface area (Å²) in [6, 6.07) is 0. The molecule has 18 heavy (non-hydrogen) atoms. The number of carbonyl (C=O) groups excluding carboxylic acids is 1. The number of ether oxygens (including phenoxy) is 1. The van der Waals surface area contributed by atoms with Crippen LogP contribution in [0, 0.1) is 0 Å². The van der Waals surface area contributed by atoms with Gasteiger partial charge in [0.15, 0.2) is 0 Å². The van der Waals surface area contributed by atoms with Gasteiger partial charge in [-0.05, 0) is 25.7 Å². The van der Waals surface area contributed by atoms with Crippen LogP contribution in [0.5, 0.6) is 0 Å². The lowest BCUT2D eigenvalue weighted by atomic mass is 10.0. The molecule has 1 unspecified atom stereocenters. The second-order valence-electron chi connectivity index (χ2n) is 4.48. The van der Waals surface area contributed by atoms with Crippen LogP contribution in [0.25, 0.3) is 0 Å². The maximum absolute atomic E-state index is 11.9. The average Bonchev–Trinajstić information content (AvgIpc) is 2.36. The van der Waals surface area contributed by atoms with Gasteiger partial charge in [0.25, 0.3) is 0 Å². The van der Waals surface area contributed by atoms with Crippen molar-refractivity contribution in [2.24, 2.45) is 0 Å². The average molecular weight is 255 g/mol. The number of carboxylic acids is 1. The van der Waals surface area contributed by atoms with Crippen LogP contribution in [0.4, 0.5) is 0 Å². The Morgan fingerprint density at radius 1 is 1.44 bits per heavy atom. The predicted octanol–water partition coefficient (Wildman–Crippen LogP) is 1.43. The third kappa shape index (κ3) is 5.31. The Hall–Kier alpha value is -1.36. The van der Waals surface area contributed by atoms with E-state index < -0.39 is 5.97 Å². The molecule has 1 saturated heterocycles. The van der Waals surface area contributed by atoms with E-state index in [9.17, 15) is 9.59 Å². The fourth-order valence-corrected chi connectivity index (χ4v) is 2.05. The van der Waals surface area contributed by atoms with Crippen LogP contribution in [-0.2, 0) is 14.3 Å². The van der Waals surface area contributed by atoms with E-state index >= 15 is 0 Å². The molecule has 1 atom stereocenters. The van der Waals surface area contributed by atoms with Gasteiger partial charge in [0, 0.05) is 19.6 Å². The van der Waals surface area contributed by atoms with Gasteiger partial charge in [0.1, 0.15) is 6.54 Å². The van der Waals surface area contributed by atoms with Gasteiger partial charge in [0.05, 0.1) is 6.10 Å². The molecule has 1 aliphatic rings. The molecule has 0 aromatic carbocycles. The molecule has 1 N–H and O–H groups in total. The van der Waals surface area contributed by atoms with Crippen molar-refractivity contribution in [1.29, 1.82) is 0 Å². The molecule has 102 valence electrons. The lowest BCUT2D eigenvalue weighted by Crippen LogP contribution is -2.36. The van der Waals surface area contributed by atoms with Gasteiger partial charge < -0.3 is 14.7 Å². The van der Waals surface area contributed by atoms with Crippen LogP contribution in [0.15, 0.2) is 12.7 Å². The molecule has 5 nitrogen and oxygen atoms in total. The Morgan fingerprint density at radius 2 is 2.22 bits per heavy atom. The monoisotopic (exact) mass is 255 g/mol. The molecule has 1 rings (SSSR count). The second-order valence-corrected chi connectivity index (χ2v) is 4.48. The number of aliphatic carboxylic acids is 1. The minimum atomic E-state index is -1.00. The first-order valence-corrected chi connectivity index (χ1v) is 6.35.